The first-order chi connectivity index (χ1) is 13.4. The predicted octanol–water partition coefficient (Wildman–Crippen LogP) is 3.49. The van der Waals surface area contributed by atoms with Gasteiger partial charge in [-0.15, -0.1) is 10.2 Å². The van der Waals surface area contributed by atoms with Gasteiger partial charge in [-0.25, -0.2) is 5.43 Å². The Balaban J connectivity index is 1.68. The third-order valence-electron chi connectivity index (χ3n) is 3.94. The molecule has 2 N–H and O–H groups in total. The van der Waals surface area contributed by atoms with E-state index < -0.39 is 0 Å². The standard InChI is InChI=1S/C21H23N5O2/c1-21(2,3)18-19(27)23-20(26-24-18)25-22-13-16-11-7-8-12-17(16)28-14-15-9-5-4-6-10-15/h4-13H,14H2,1-3H3,(H2,23,25,26,27)/b22-13+. The van der Waals surface area contributed by atoms with Gasteiger partial charge < -0.3 is 4.74 Å². The van der Waals surface area contributed by atoms with Gasteiger partial charge in [0.15, 0.2) is 0 Å². The minimum Gasteiger partial charge on any atom is -0.488 e. The van der Waals surface area contributed by atoms with Gasteiger partial charge in [0.05, 0.1) is 6.21 Å². The molecule has 144 valence electrons. The zero-order chi connectivity index (χ0) is 20.0. The highest BCUT2D eigenvalue weighted by molar-refractivity contribution is 5.83. The lowest BCUT2D eigenvalue weighted by molar-refractivity contribution is 0.306. The summed E-state index contributed by atoms with van der Waals surface area (Å²) in [7, 11) is 0. The van der Waals surface area contributed by atoms with Crippen molar-refractivity contribution in [3.8, 4) is 5.75 Å². The first-order valence-corrected chi connectivity index (χ1v) is 8.96. The van der Waals surface area contributed by atoms with Crippen molar-refractivity contribution in [1.82, 2.24) is 15.2 Å². The average Bonchev–Trinajstić information content (AvgIpc) is 2.67. The second kappa shape index (κ2) is 8.47. The normalized spacial score (nSPS) is 11.5. The number of anilines is 1. The van der Waals surface area contributed by atoms with Crippen molar-refractivity contribution in [2.75, 3.05) is 5.43 Å². The maximum absolute atomic E-state index is 12.1. The first-order valence-electron chi connectivity index (χ1n) is 8.96. The molecule has 0 amide bonds. The number of hydrazone groups is 1. The molecule has 7 nitrogen and oxygen atoms in total. The van der Waals surface area contributed by atoms with Crippen molar-refractivity contribution >= 4 is 12.2 Å². The van der Waals surface area contributed by atoms with Crippen molar-refractivity contribution in [2.24, 2.45) is 5.10 Å². The van der Waals surface area contributed by atoms with Gasteiger partial charge in [0, 0.05) is 11.0 Å². The Hall–Kier alpha value is -3.48. The van der Waals surface area contributed by atoms with Gasteiger partial charge in [0.2, 0.25) is 5.95 Å². The number of nitrogens with one attached hydrogen (secondary N) is 2. The number of rotatable bonds is 6. The molecule has 0 radical (unpaired) electrons. The summed E-state index contributed by atoms with van der Waals surface area (Å²) in [6.45, 7) is 6.18. The number of H-pyrrole nitrogens is 1. The van der Waals surface area contributed by atoms with Gasteiger partial charge in [-0.05, 0) is 17.7 Å². The van der Waals surface area contributed by atoms with Crippen LogP contribution in [0.3, 0.4) is 0 Å². The fourth-order valence-electron chi connectivity index (χ4n) is 2.49. The molecule has 7 heteroatoms. The summed E-state index contributed by atoms with van der Waals surface area (Å²) in [5, 5.41) is 12.1. The number of benzene rings is 2. The highest BCUT2D eigenvalue weighted by Crippen LogP contribution is 2.18. The first kappa shape index (κ1) is 19.3. The number of para-hydroxylation sites is 1. The third-order valence-corrected chi connectivity index (χ3v) is 3.94. The molecular formula is C21H23N5O2. The molecule has 1 heterocycles. The zero-order valence-corrected chi connectivity index (χ0v) is 16.1. The lowest BCUT2D eigenvalue weighted by Crippen LogP contribution is -2.28. The molecule has 0 saturated heterocycles. The maximum Gasteiger partial charge on any atom is 0.274 e. The molecule has 0 aliphatic carbocycles. The van der Waals surface area contributed by atoms with E-state index >= 15 is 0 Å². The monoisotopic (exact) mass is 377 g/mol. The number of hydrogen-bond donors (Lipinski definition) is 2. The third kappa shape index (κ3) is 5.03. The number of aromatic amines is 1. The predicted molar refractivity (Wildman–Crippen MR) is 110 cm³/mol. The topological polar surface area (TPSA) is 92.3 Å². The van der Waals surface area contributed by atoms with Crippen LogP contribution in [0.1, 0.15) is 37.6 Å². The van der Waals surface area contributed by atoms with Crippen LogP contribution in [0.25, 0.3) is 0 Å². The minimum atomic E-state index is -0.378. The van der Waals surface area contributed by atoms with Crippen molar-refractivity contribution < 1.29 is 4.74 Å². The summed E-state index contributed by atoms with van der Waals surface area (Å²) in [4.78, 5) is 14.8. The molecule has 2 aromatic carbocycles. The fraction of sp³-hybridized carbons (Fsp3) is 0.238. The molecule has 0 spiro atoms. The molecule has 1 aromatic heterocycles. The van der Waals surface area contributed by atoms with Crippen LogP contribution in [-0.4, -0.2) is 21.4 Å². The second-order valence-electron chi connectivity index (χ2n) is 7.28. The highest BCUT2D eigenvalue weighted by atomic mass is 16.5. The Morgan fingerprint density at radius 1 is 1.07 bits per heavy atom. The molecule has 3 aromatic rings. The van der Waals surface area contributed by atoms with E-state index in [4.69, 9.17) is 4.74 Å². The van der Waals surface area contributed by atoms with E-state index in [2.05, 4.69) is 25.7 Å². The van der Waals surface area contributed by atoms with Gasteiger partial charge in [-0.2, -0.15) is 5.10 Å². The number of nitrogens with zero attached hydrogens (tertiary/aromatic N) is 3. The van der Waals surface area contributed by atoms with Gasteiger partial charge in [0.25, 0.3) is 5.56 Å². The summed E-state index contributed by atoms with van der Waals surface area (Å²) in [6.07, 6.45) is 1.61. The van der Waals surface area contributed by atoms with Crippen molar-refractivity contribution in [1.29, 1.82) is 0 Å². The lowest BCUT2D eigenvalue weighted by Gasteiger charge is -2.15. The van der Waals surface area contributed by atoms with Crippen LogP contribution in [0.15, 0.2) is 64.5 Å². The van der Waals surface area contributed by atoms with Crippen LogP contribution in [0.2, 0.25) is 0 Å². The Kier molecular flexibility index (Phi) is 5.84. The number of hydrogen-bond acceptors (Lipinski definition) is 6. The maximum atomic E-state index is 12.1. The smallest absolute Gasteiger partial charge is 0.274 e. The van der Waals surface area contributed by atoms with E-state index in [1.165, 1.54) is 0 Å². The van der Waals surface area contributed by atoms with Gasteiger partial charge >= 0.3 is 0 Å². The molecule has 0 bridgehead atoms. The molecule has 0 aliphatic rings. The molecular weight excluding hydrogens is 354 g/mol. The second-order valence-corrected chi connectivity index (χ2v) is 7.28. The number of aromatic nitrogens is 3. The Labute approximate surface area is 163 Å². The molecule has 0 fully saturated rings. The lowest BCUT2D eigenvalue weighted by atomic mass is 9.93. The van der Waals surface area contributed by atoms with Crippen LogP contribution >= 0.6 is 0 Å². The van der Waals surface area contributed by atoms with Crippen LogP contribution in [0, 0.1) is 0 Å². The average molecular weight is 377 g/mol. The molecule has 28 heavy (non-hydrogen) atoms. The molecule has 3 rings (SSSR count). The van der Waals surface area contributed by atoms with Crippen LogP contribution < -0.4 is 15.7 Å². The fourth-order valence-corrected chi connectivity index (χ4v) is 2.49. The molecule has 0 atom stereocenters. The van der Waals surface area contributed by atoms with Crippen molar-refractivity contribution in [3.05, 3.63) is 81.8 Å². The highest BCUT2D eigenvalue weighted by Gasteiger charge is 2.20. The minimum absolute atomic E-state index is 0.178. The van der Waals surface area contributed by atoms with E-state index in [-0.39, 0.29) is 16.9 Å². The molecule has 0 aliphatic heterocycles. The van der Waals surface area contributed by atoms with Crippen molar-refractivity contribution in [3.63, 3.8) is 0 Å². The summed E-state index contributed by atoms with van der Waals surface area (Å²) in [5.41, 5.74) is 4.29. The summed E-state index contributed by atoms with van der Waals surface area (Å²) in [5.74, 6) is 0.886. The Morgan fingerprint density at radius 3 is 2.50 bits per heavy atom. The van der Waals surface area contributed by atoms with E-state index in [1.807, 2.05) is 75.4 Å². The zero-order valence-electron chi connectivity index (χ0n) is 16.1. The van der Waals surface area contributed by atoms with Gasteiger partial charge in [-0.3, -0.25) is 9.78 Å². The largest absolute Gasteiger partial charge is 0.488 e. The SMILES string of the molecule is CC(C)(C)c1nnc(N/N=C/c2ccccc2OCc2ccccc2)[nH]c1=O. The summed E-state index contributed by atoms with van der Waals surface area (Å²) >= 11 is 0. The Morgan fingerprint density at radius 2 is 1.79 bits per heavy atom. The number of ether oxygens (including phenoxy) is 1. The van der Waals surface area contributed by atoms with Crippen LogP contribution in [0.5, 0.6) is 5.75 Å². The summed E-state index contributed by atoms with van der Waals surface area (Å²) in [6, 6.07) is 17.5. The van der Waals surface area contributed by atoms with Gasteiger partial charge in [-0.1, -0.05) is 63.2 Å². The van der Waals surface area contributed by atoms with Crippen LogP contribution in [-0.2, 0) is 12.0 Å². The van der Waals surface area contributed by atoms with E-state index in [0.717, 1.165) is 11.1 Å². The summed E-state index contributed by atoms with van der Waals surface area (Å²) < 4.78 is 5.89. The Bertz CT molecular complexity index is 1010. The molecule has 0 unspecified atom stereocenters. The van der Waals surface area contributed by atoms with E-state index in [0.29, 0.717) is 18.1 Å². The van der Waals surface area contributed by atoms with Gasteiger partial charge in [0.1, 0.15) is 18.1 Å². The molecule has 0 saturated carbocycles. The van der Waals surface area contributed by atoms with Crippen LogP contribution in [0.4, 0.5) is 5.95 Å². The van der Waals surface area contributed by atoms with E-state index in [1.54, 1.807) is 6.21 Å². The van der Waals surface area contributed by atoms with E-state index in [9.17, 15) is 4.79 Å². The van der Waals surface area contributed by atoms with Crippen molar-refractivity contribution in [2.45, 2.75) is 32.8 Å². The quantitative estimate of drug-likeness (QED) is 0.507.